The monoisotopic (exact) mass is 350 g/mol. The lowest BCUT2D eigenvalue weighted by Crippen LogP contribution is -2.46. The molecule has 20 heavy (non-hydrogen) atoms. The highest BCUT2D eigenvalue weighted by atomic mass is 79.9. The van der Waals surface area contributed by atoms with Gasteiger partial charge in [0, 0.05) is 37.1 Å². The Morgan fingerprint density at radius 1 is 1.20 bits per heavy atom. The van der Waals surface area contributed by atoms with Gasteiger partial charge in [-0.1, -0.05) is 30.3 Å². The number of rotatable bonds is 4. The van der Waals surface area contributed by atoms with Gasteiger partial charge in [0.2, 0.25) is 0 Å². The van der Waals surface area contributed by atoms with Gasteiger partial charge < -0.3 is 5.32 Å². The first-order chi connectivity index (χ1) is 9.83. The molecule has 1 aromatic heterocycles. The summed E-state index contributed by atoms with van der Waals surface area (Å²) in [7, 11) is 0. The molecular formula is C16H19BrN2S. The maximum atomic E-state index is 3.54. The van der Waals surface area contributed by atoms with E-state index in [1.807, 2.05) is 11.3 Å². The van der Waals surface area contributed by atoms with Crippen LogP contribution in [0.15, 0.2) is 46.3 Å². The van der Waals surface area contributed by atoms with Crippen LogP contribution in [0.25, 0.3) is 0 Å². The fourth-order valence-electron chi connectivity index (χ4n) is 2.76. The summed E-state index contributed by atoms with van der Waals surface area (Å²) < 4.78 is 1.23. The van der Waals surface area contributed by atoms with Gasteiger partial charge in [-0.2, -0.15) is 0 Å². The van der Waals surface area contributed by atoms with E-state index in [4.69, 9.17) is 0 Å². The number of hydrogen-bond donors (Lipinski definition) is 1. The highest BCUT2D eigenvalue weighted by Gasteiger charge is 2.23. The molecule has 4 heteroatoms. The summed E-state index contributed by atoms with van der Waals surface area (Å²) in [5, 5.41) is 3.52. The Morgan fingerprint density at radius 2 is 2.05 bits per heavy atom. The Labute approximate surface area is 132 Å². The van der Waals surface area contributed by atoms with Crippen LogP contribution in [-0.4, -0.2) is 31.1 Å². The van der Waals surface area contributed by atoms with Gasteiger partial charge in [-0.15, -0.1) is 11.3 Å². The predicted molar refractivity (Wildman–Crippen MR) is 89.3 cm³/mol. The van der Waals surface area contributed by atoms with Gasteiger partial charge in [0.15, 0.2) is 0 Å². The molecule has 1 atom stereocenters. The van der Waals surface area contributed by atoms with Crippen molar-refractivity contribution in [2.24, 2.45) is 0 Å². The van der Waals surface area contributed by atoms with Gasteiger partial charge in [0.25, 0.3) is 0 Å². The minimum atomic E-state index is 0.508. The third kappa shape index (κ3) is 3.50. The quantitative estimate of drug-likeness (QED) is 0.904. The van der Waals surface area contributed by atoms with E-state index in [0.29, 0.717) is 6.04 Å². The molecule has 0 aliphatic carbocycles. The molecule has 1 unspecified atom stereocenters. The molecule has 0 radical (unpaired) electrons. The molecule has 2 heterocycles. The molecule has 1 N–H and O–H groups in total. The van der Waals surface area contributed by atoms with E-state index < -0.39 is 0 Å². The summed E-state index contributed by atoms with van der Waals surface area (Å²) in [4.78, 5) is 4.07. The summed E-state index contributed by atoms with van der Waals surface area (Å²) in [6.07, 6.45) is 1.14. The first kappa shape index (κ1) is 14.3. The molecule has 0 bridgehead atoms. The van der Waals surface area contributed by atoms with Gasteiger partial charge in [-0.05, 0) is 40.0 Å². The largest absolute Gasteiger partial charge is 0.314 e. The van der Waals surface area contributed by atoms with Crippen molar-refractivity contribution in [3.05, 3.63) is 56.7 Å². The Balaban J connectivity index is 1.66. The summed E-state index contributed by atoms with van der Waals surface area (Å²) >= 11 is 5.39. The minimum absolute atomic E-state index is 0.508. The van der Waals surface area contributed by atoms with E-state index in [-0.39, 0.29) is 0 Å². The fraction of sp³-hybridized carbons (Fsp3) is 0.375. The average molecular weight is 351 g/mol. The first-order valence-electron chi connectivity index (χ1n) is 7.07. The van der Waals surface area contributed by atoms with Crippen molar-refractivity contribution in [1.29, 1.82) is 0 Å². The predicted octanol–water partition coefficient (Wildman–Crippen LogP) is 3.70. The van der Waals surface area contributed by atoms with Crippen molar-refractivity contribution in [2.75, 3.05) is 26.2 Å². The smallest absolute Gasteiger partial charge is 0.0701 e. The van der Waals surface area contributed by atoms with Gasteiger partial charge in [-0.25, -0.2) is 0 Å². The summed E-state index contributed by atoms with van der Waals surface area (Å²) in [5.74, 6) is 0. The van der Waals surface area contributed by atoms with Crippen LogP contribution < -0.4 is 5.32 Å². The van der Waals surface area contributed by atoms with Crippen molar-refractivity contribution < 1.29 is 0 Å². The highest BCUT2D eigenvalue weighted by molar-refractivity contribution is 9.11. The van der Waals surface area contributed by atoms with Crippen molar-refractivity contribution in [3.63, 3.8) is 0 Å². The number of thiophene rings is 1. The fourth-order valence-corrected chi connectivity index (χ4v) is 4.23. The van der Waals surface area contributed by atoms with Crippen molar-refractivity contribution in [1.82, 2.24) is 10.2 Å². The molecule has 106 valence electrons. The standard InChI is InChI=1S/C16H19BrN2S/c17-16-7-6-14(20-16)8-10-19-11-9-18-12-15(19)13-4-2-1-3-5-13/h1-7,15,18H,8-12H2. The van der Waals surface area contributed by atoms with Crippen molar-refractivity contribution >= 4 is 27.3 Å². The van der Waals surface area contributed by atoms with Crippen LogP contribution in [-0.2, 0) is 6.42 Å². The van der Waals surface area contributed by atoms with Crippen LogP contribution in [0.4, 0.5) is 0 Å². The van der Waals surface area contributed by atoms with Gasteiger partial charge in [-0.3, -0.25) is 4.90 Å². The van der Waals surface area contributed by atoms with Crippen molar-refractivity contribution in [3.8, 4) is 0 Å². The number of nitrogens with zero attached hydrogens (tertiary/aromatic N) is 1. The van der Waals surface area contributed by atoms with E-state index in [1.54, 1.807) is 0 Å². The molecule has 1 saturated heterocycles. The lowest BCUT2D eigenvalue weighted by Gasteiger charge is -2.36. The maximum absolute atomic E-state index is 3.54. The zero-order valence-electron chi connectivity index (χ0n) is 11.4. The van der Waals surface area contributed by atoms with Gasteiger partial charge in [0.05, 0.1) is 3.79 Å². The summed E-state index contributed by atoms with van der Waals surface area (Å²) in [6, 6.07) is 15.7. The molecule has 1 fully saturated rings. The van der Waals surface area contributed by atoms with E-state index in [9.17, 15) is 0 Å². The number of halogens is 1. The third-order valence-corrected chi connectivity index (χ3v) is 5.50. The second kappa shape index (κ2) is 6.85. The molecule has 2 aromatic rings. The van der Waals surface area contributed by atoms with E-state index >= 15 is 0 Å². The van der Waals surface area contributed by atoms with Crippen LogP contribution >= 0.6 is 27.3 Å². The molecule has 3 rings (SSSR count). The first-order valence-corrected chi connectivity index (χ1v) is 8.68. The molecule has 0 saturated carbocycles. The topological polar surface area (TPSA) is 15.3 Å². The van der Waals surface area contributed by atoms with Gasteiger partial charge in [0.1, 0.15) is 0 Å². The molecule has 1 aliphatic rings. The van der Waals surface area contributed by atoms with Crippen LogP contribution in [0.3, 0.4) is 0 Å². The van der Waals surface area contributed by atoms with Crippen LogP contribution in [0.1, 0.15) is 16.5 Å². The molecule has 0 amide bonds. The minimum Gasteiger partial charge on any atom is -0.314 e. The number of hydrogen-bond acceptors (Lipinski definition) is 3. The van der Waals surface area contributed by atoms with Crippen LogP contribution in [0.5, 0.6) is 0 Å². The van der Waals surface area contributed by atoms with Gasteiger partial charge >= 0.3 is 0 Å². The average Bonchev–Trinajstić information content (AvgIpc) is 2.92. The lowest BCUT2D eigenvalue weighted by atomic mass is 10.0. The molecule has 1 aliphatic heterocycles. The molecular weight excluding hydrogens is 332 g/mol. The third-order valence-electron chi connectivity index (χ3n) is 3.81. The molecule has 1 aromatic carbocycles. The van der Waals surface area contributed by atoms with Crippen LogP contribution in [0, 0.1) is 0 Å². The van der Waals surface area contributed by atoms with Crippen molar-refractivity contribution in [2.45, 2.75) is 12.5 Å². The Bertz CT molecular complexity index is 540. The maximum Gasteiger partial charge on any atom is 0.0701 e. The zero-order chi connectivity index (χ0) is 13.8. The van der Waals surface area contributed by atoms with E-state index in [0.717, 1.165) is 32.6 Å². The number of piperazine rings is 1. The summed E-state index contributed by atoms with van der Waals surface area (Å²) in [6.45, 7) is 4.41. The van der Waals surface area contributed by atoms with Crippen LogP contribution in [0.2, 0.25) is 0 Å². The molecule has 2 nitrogen and oxygen atoms in total. The summed E-state index contributed by atoms with van der Waals surface area (Å²) in [5.41, 5.74) is 1.42. The van der Waals surface area contributed by atoms with E-state index in [1.165, 1.54) is 14.2 Å². The second-order valence-corrected chi connectivity index (χ2v) is 7.67. The second-order valence-electron chi connectivity index (χ2n) is 5.12. The Hall–Kier alpha value is -0.680. The normalized spacial score (nSPS) is 20.1. The number of benzene rings is 1. The Kier molecular flexibility index (Phi) is 4.89. The Morgan fingerprint density at radius 3 is 2.80 bits per heavy atom. The van der Waals surface area contributed by atoms with E-state index in [2.05, 4.69) is 68.6 Å². The number of nitrogens with one attached hydrogen (secondary N) is 1. The zero-order valence-corrected chi connectivity index (χ0v) is 13.8. The molecule has 0 spiro atoms. The highest BCUT2D eigenvalue weighted by Crippen LogP contribution is 2.25. The SMILES string of the molecule is Brc1ccc(CCN2CCNCC2c2ccccc2)s1. The lowest BCUT2D eigenvalue weighted by molar-refractivity contribution is 0.164.